The van der Waals surface area contributed by atoms with Crippen molar-refractivity contribution in [3.05, 3.63) is 26.4 Å². The summed E-state index contributed by atoms with van der Waals surface area (Å²) in [5.41, 5.74) is -0.935. The highest BCUT2D eigenvalue weighted by molar-refractivity contribution is 5.52. The van der Waals surface area contributed by atoms with Crippen molar-refractivity contribution in [2.24, 2.45) is 14.1 Å². The fourth-order valence-electron chi connectivity index (χ4n) is 3.71. The van der Waals surface area contributed by atoms with Gasteiger partial charge in [-0.15, -0.1) is 0 Å². The molecule has 7 heteroatoms. The highest BCUT2D eigenvalue weighted by Gasteiger charge is 2.36. The summed E-state index contributed by atoms with van der Waals surface area (Å²) >= 11 is 0. The van der Waals surface area contributed by atoms with Gasteiger partial charge in [-0.2, -0.15) is 5.26 Å². The minimum atomic E-state index is -0.536. The molecule has 1 aromatic rings. The van der Waals surface area contributed by atoms with Crippen molar-refractivity contribution >= 4 is 5.82 Å². The van der Waals surface area contributed by atoms with Gasteiger partial charge in [0, 0.05) is 32.7 Å². The van der Waals surface area contributed by atoms with Crippen molar-refractivity contribution in [2.75, 3.05) is 18.4 Å². The Kier molecular flexibility index (Phi) is 3.79. The molecule has 22 heavy (non-hydrogen) atoms. The van der Waals surface area contributed by atoms with Crippen LogP contribution >= 0.6 is 0 Å². The standard InChI is InChI=1S/C15H21N5O2/c1-18-13(10(9-16)14(21)19(2)15(18)22)17-11-6-8-20-7-4-3-5-12(11)20/h11-12,17H,3-8H2,1-2H3/t11-,12+/m0/s1. The molecular formula is C15H21N5O2. The number of piperidine rings is 1. The molecule has 2 fully saturated rings. The van der Waals surface area contributed by atoms with Gasteiger partial charge in [-0.25, -0.2) is 4.79 Å². The zero-order valence-electron chi connectivity index (χ0n) is 13.0. The highest BCUT2D eigenvalue weighted by Crippen LogP contribution is 2.29. The minimum Gasteiger partial charge on any atom is -0.366 e. The highest BCUT2D eigenvalue weighted by atomic mass is 16.2. The minimum absolute atomic E-state index is 0.0128. The fraction of sp³-hybridized carbons (Fsp3) is 0.667. The van der Waals surface area contributed by atoms with Crippen molar-refractivity contribution in [2.45, 2.75) is 37.8 Å². The van der Waals surface area contributed by atoms with E-state index in [-0.39, 0.29) is 11.6 Å². The molecule has 2 aliphatic heterocycles. The van der Waals surface area contributed by atoms with Crippen molar-refractivity contribution in [1.29, 1.82) is 5.26 Å². The smallest absolute Gasteiger partial charge is 0.332 e. The third-order valence-corrected chi connectivity index (χ3v) is 4.95. The molecule has 0 aliphatic carbocycles. The molecule has 3 rings (SSSR count). The van der Waals surface area contributed by atoms with Gasteiger partial charge in [-0.3, -0.25) is 18.8 Å². The number of hydrogen-bond donors (Lipinski definition) is 1. The summed E-state index contributed by atoms with van der Waals surface area (Å²) < 4.78 is 2.34. The van der Waals surface area contributed by atoms with Crippen LogP contribution < -0.4 is 16.6 Å². The van der Waals surface area contributed by atoms with Crippen molar-refractivity contribution in [1.82, 2.24) is 14.0 Å². The Bertz CT molecular complexity index is 742. The summed E-state index contributed by atoms with van der Waals surface area (Å²) in [5, 5.41) is 12.6. The van der Waals surface area contributed by atoms with E-state index in [0.717, 1.165) is 30.5 Å². The molecule has 2 aliphatic rings. The summed E-state index contributed by atoms with van der Waals surface area (Å²) in [7, 11) is 2.99. The molecular weight excluding hydrogens is 282 g/mol. The van der Waals surface area contributed by atoms with Crippen LogP contribution in [0.1, 0.15) is 31.2 Å². The SMILES string of the molecule is Cn1c(N[C@H]2CCN3CCCC[C@H]23)c(C#N)c(=O)n(C)c1=O. The third-order valence-electron chi connectivity index (χ3n) is 4.95. The predicted octanol–water partition coefficient (Wildman–Crippen LogP) is -0.00562. The molecule has 2 saturated heterocycles. The molecule has 0 spiro atoms. The monoisotopic (exact) mass is 303 g/mol. The Labute approximate surface area is 128 Å². The molecule has 1 aromatic heterocycles. The quantitative estimate of drug-likeness (QED) is 0.831. The normalized spacial score (nSPS) is 24.8. The molecule has 2 atom stereocenters. The number of nitrogens with one attached hydrogen (secondary N) is 1. The number of hydrogen-bond acceptors (Lipinski definition) is 5. The van der Waals surface area contributed by atoms with E-state index in [1.807, 2.05) is 6.07 Å². The van der Waals surface area contributed by atoms with Gasteiger partial charge in [0.2, 0.25) is 0 Å². The number of anilines is 1. The van der Waals surface area contributed by atoms with Crippen LogP contribution in [0.3, 0.4) is 0 Å². The largest absolute Gasteiger partial charge is 0.366 e. The van der Waals surface area contributed by atoms with Gasteiger partial charge in [-0.1, -0.05) is 6.42 Å². The fourth-order valence-corrected chi connectivity index (χ4v) is 3.71. The van der Waals surface area contributed by atoms with Crippen molar-refractivity contribution in [3.63, 3.8) is 0 Å². The number of fused-ring (bicyclic) bond motifs is 1. The van der Waals surface area contributed by atoms with Gasteiger partial charge in [0.1, 0.15) is 11.9 Å². The zero-order valence-corrected chi connectivity index (χ0v) is 13.0. The molecule has 0 unspecified atom stereocenters. The van der Waals surface area contributed by atoms with Gasteiger partial charge in [0.25, 0.3) is 5.56 Å². The second kappa shape index (κ2) is 5.61. The van der Waals surface area contributed by atoms with E-state index in [1.54, 1.807) is 7.05 Å². The van der Waals surface area contributed by atoms with E-state index >= 15 is 0 Å². The first-order valence-corrected chi connectivity index (χ1v) is 7.75. The van der Waals surface area contributed by atoms with Gasteiger partial charge in [0.15, 0.2) is 5.56 Å². The second-order valence-electron chi connectivity index (χ2n) is 6.18. The van der Waals surface area contributed by atoms with E-state index in [4.69, 9.17) is 0 Å². The van der Waals surface area contributed by atoms with Gasteiger partial charge >= 0.3 is 5.69 Å². The predicted molar refractivity (Wildman–Crippen MR) is 82.9 cm³/mol. The average Bonchev–Trinajstić information content (AvgIpc) is 2.94. The van der Waals surface area contributed by atoms with Crippen LogP contribution in [-0.2, 0) is 14.1 Å². The Hall–Kier alpha value is -2.07. The second-order valence-corrected chi connectivity index (χ2v) is 6.18. The maximum Gasteiger partial charge on any atom is 0.332 e. The van der Waals surface area contributed by atoms with Crippen LogP contribution in [-0.4, -0.2) is 39.2 Å². The summed E-state index contributed by atoms with van der Waals surface area (Å²) in [6.07, 6.45) is 4.54. The van der Waals surface area contributed by atoms with E-state index in [2.05, 4.69) is 10.2 Å². The van der Waals surface area contributed by atoms with E-state index in [0.29, 0.717) is 11.9 Å². The van der Waals surface area contributed by atoms with Crippen LogP contribution in [0, 0.1) is 11.3 Å². The molecule has 1 N–H and O–H groups in total. The maximum atomic E-state index is 12.1. The summed E-state index contributed by atoms with van der Waals surface area (Å²) in [6.45, 7) is 2.15. The van der Waals surface area contributed by atoms with Crippen LogP contribution in [0.25, 0.3) is 0 Å². The Morgan fingerprint density at radius 1 is 1.14 bits per heavy atom. The number of nitriles is 1. The first kappa shape index (κ1) is 14.9. The molecule has 0 amide bonds. The first-order chi connectivity index (χ1) is 10.5. The lowest BCUT2D eigenvalue weighted by Gasteiger charge is -2.33. The maximum absolute atomic E-state index is 12.1. The van der Waals surface area contributed by atoms with Crippen molar-refractivity contribution < 1.29 is 0 Å². The van der Waals surface area contributed by atoms with Crippen LogP contribution in [0.15, 0.2) is 9.59 Å². The van der Waals surface area contributed by atoms with Crippen LogP contribution in [0.2, 0.25) is 0 Å². The summed E-state index contributed by atoms with van der Waals surface area (Å²) in [6, 6.07) is 2.56. The summed E-state index contributed by atoms with van der Waals surface area (Å²) in [5.74, 6) is 0.355. The lowest BCUT2D eigenvalue weighted by atomic mass is 9.99. The Morgan fingerprint density at radius 3 is 2.64 bits per heavy atom. The molecule has 3 heterocycles. The molecule has 7 nitrogen and oxygen atoms in total. The Balaban J connectivity index is 1.98. The van der Waals surface area contributed by atoms with Crippen molar-refractivity contribution in [3.8, 4) is 6.07 Å². The average molecular weight is 303 g/mol. The van der Waals surface area contributed by atoms with E-state index in [1.165, 1.54) is 24.5 Å². The molecule has 118 valence electrons. The lowest BCUT2D eigenvalue weighted by molar-refractivity contribution is 0.192. The Morgan fingerprint density at radius 2 is 1.91 bits per heavy atom. The molecule has 0 bridgehead atoms. The number of aromatic nitrogens is 2. The molecule has 0 radical (unpaired) electrons. The van der Waals surface area contributed by atoms with Gasteiger partial charge in [0.05, 0.1) is 0 Å². The van der Waals surface area contributed by atoms with Gasteiger partial charge in [-0.05, 0) is 25.8 Å². The van der Waals surface area contributed by atoms with E-state index < -0.39 is 11.2 Å². The van der Waals surface area contributed by atoms with Gasteiger partial charge < -0.3 is 5.32 Å². The first-order valence-electron chi connectivity index (χ1n) is 7.75. The summed E-state index contributed by atoms with van der Waals surface area (Å²) in [4.78, 5) is 26.7. The molecule has 0 saturated carbocycles. The number of rotatable bonds is 2. The third kappa shape index (κ3) is 2.24. The lowest BCUT2D eigenvalue weighted by Crippen LogP contribution is -2.44. The topological polar surface area (TPSA) is 83.1 Å². The zero-order chi connectivity index (χ0) is 15.9. The van der Waals surface area contributed by atoms with E-state index in [9.17, 15) is 14.9 Å². The molecule has 0 aromatic carbocycles. The van der Waals surface area contributed by atoms with Crippen LogP contribution in [0.4, 0.5) is 5.82 Å². The number of nitrogens with zero attached hydrogens (tertiary/aromatic N) is 4. The van der Waals surface area contributed by atoms with Crippen LogP contribution in [0.5, 0.6) is 0 Å².